The van der Waals surface area contributed by atoms with Gasteiger partial charge in [-0.1, -0.05) is 0 Å². The minimum absolute atomic E-state index is 0.0544. The van der Waals surface area contributed by atoms with Crippen LogP contribution in [0.1, 0.15) is 19.7 Å². The fraction of sp³-hybridized carbons (Fsp3) is 0.250. The molecular formula is C20H18F4N4. The molecule has 2 heterocycles. The molecule has 0 amide bonds. The fourth-order valence-electron chi connectivity index (χ4n) is 3.41. The smallest absolute Gasteiger partial charge is 0.194 e. The zero-order valence-corrected chi connectivity index (χ0v) is 15.3. The van der Waals surface area contributed by atoms with Crippen LogP contribution in [0.5, 0.6) is 0 Å². The summed E-state index contributed by atoms with van der Waals surface area (Å²) in [4.78, 5) is 4.72. The van der Waals surface area contributed by atoms with Gasteiger partial charge in [-0.25, -0.2) is 22.5 Å². The van der Waals surface area contributed by atoms with E-state index in [9.17, 15) is 17.6 Å². The molecule has 146 valence electrons. The lowest BCUT2D eigenvalue weighted by atomic mass is 10.0. The first-order valence-electron chi connectivity index (χ1n) is 8.80. The van der Waals surface area contributed by atoms with Gasteiger partial charge >= 0.3 is 0 Å². The zero-order valence-electron chi connectivity index (χ0n) is 15.3. The molecule has 0 unspecified atom stereocenters. The molecule has 0 aliphatic carbocycles. The zero-order chi connectivity index (χ0) is 20.1. The average Bonchev–Trinajstić information content (AvgIpc) is 3.00. The van der Waals surface area contributed by atoms with Gasteiger partial charge in [0.25, 0.3) is 0 Å². The summed E-state index contributed by atoms with van der Waals surface area (Å²) in [6, 6.07) is 7.58. The normalized spacial score (nSPS) is 15.4. The molecular weight excluding hydrogens is 372 g/mol. The van der Waals surface area contributed by atoms with Crippen molar-refractivity contribution >= 4 is 11.5 Å². The minimum Gasteiger partial charge on any atom is -0.340 e. The molecule has 8 heteroatoms. The predicted octanol–water partition coefficient (Wildman–Crippen LogP) is 4.69. The Hall–Kier alpha value is -2.87. The van der Waals surface area contributed by atoms with Gasteiger partial charge in [-0.2, -0.15) is 0 Å². The molecule has 2 N–H and O–H groups in total. The number of rotatable bonds is 3. The predicted molar refractivity (Wildman–Crippen MR) is 98.2 cm³/mol. The van der Waals surface area contributed by atoms with Gasteiger partial charge in [-0.3, -0.25) is 0 Å². The second kappa shape index (κ2) is 6.63. The van der Waals surface area contributed by atoms with E-state index in [1.807, 2.05) is 18.4 Å². The summed E-state index contributed by atoms with van der Waals surface area (Å²) in [7, 11) is 0. The Morgan fingerprint density at radius 3 is 2.32 bits per heavy atom. The van der Waals surface area contributed by atoms with E-state index < -0.39 is 23.0 Å². The van der Waals surface area contributed by atoms with E-state index in [0.29, 0.717) is 30.2 Å². The maximum absolute atomic E-state index is 13.7. The van der Waals surface area contributed by atoms with Crippen LogP contribution < -0.4 is 10.6 Å². The van der Waals surface area contributed by atoms with Gasteiger partial charge < -0.3 is 15.2 Å². The summed E-state index contributed by atoms with van der Waals surface area (Å²) in [6.45, 7) is 5.18. The highest BCUT2D eigenvalue weighted by atomic mass is 19.2. The van der Waals surface area contributed by atoms with E-state index >= 15 is 0 Å². The molecule has 0 atom stereocenters. The van der Waals surface area contributed by atoms with Crippen LogP contribution in [-0.4, -0.2) is 16.1 Å². The maximum atomic E-state index is 13.7. The van der Waals surface area contributed by atoms with Crippen LogP contribution in [0.2, 0.25) is 0 Å². The van der Waals surface area contributed by atoms with E-state index in [2.05, 4.69) is 10.6 Å². The summed E-state index contributed by atoms with van der Waals surface area (Å²) in [5.41, 5.74) is 0.770. The van der Waals surface area contributed by atoms with Crippen LogP contribution in [0.15, 0.2) is 36.4 Å². The third kappa shape index (κ3) is 3.13. The van der Waals surface area contributed by atoms with Crippen LogP contribution in [0.4, 0.5) is 29.1 Å². The van der Waals surface area contributed by atoms with Gasteiger partial charge in [0.15, 0.2) is 17.5 Å². The Labute approximate surface area is 159 Å². The number of hydrogen-bond acceptors (Lipinski definition) is 3. The number of nitrogens with zero attached hydrogens (tertiary/aromatic N) is 2. The van der Waals surface area contributed by atoms with Gasteiger partial charge in [-0.05, 0) is 38.1 Å². The lowest BCUT2D eigenvalue weighted by Gasteiger charge is -2.32. The Kier molecular flexibility index (Phi) is 4.38. The molecule has 0 saturated heterocycles. The molecule has 4 nitrogen and oxygen atoms in total. The monoisotopic (exact) mass is 390 g/mol. The van der Waals surface area contributed by atoms with Crippen molar-refractivity contribution in [3.05, 3.63) is 65.5 Å². The SMILES string of the molecule is CC1(C)NCCn2c1nc(-c1ccc(F)cc1)c2Nc1cc(F)c(F)c(F)c1. The maximum Gasteiger partial charge on any atom is 0.194 e. The van der Waals surface area contributed by atoms with E-state index in [1.54, 1.807) is 12.1 Å². The molecule has 2 aromatic carbocycles. The molecule has 1 aliphatic heterocycles. The number of halogens is 4. The van der Waals surface area contributed by atoms with Crippen molar-refractivity contribution in [3.8, 4) is 11.3 Å². The van der Waals surface area contributed by atoms with E-state index in [-0.39, 0.29) is 11.5 Å². The van der Waals surface area contributed by atoms with Crippen molar-refractivity contribution in [2.45, 2.75) is 25.9 Å². The Bertz CT molecular complexity index is 1020. The number of aromatic nitrogens is 2. The standard InChI is InChI=1S/C20H18F4N4/c1-20(2)19-27-17(11-3-5-12(21)6-4-11)18(28(19)8-7-25-20)26-13-9-14(22)16(24)15(23)10-13/h3-6,9-10,25-26H,7-8H2,1-2H3. The Morgan fingerprint density at radius 1 is 1.04 bits per heavy atom. The van der Waals surface area contributed by atoms with Crippen LogP contribution in [-0.2, 0) is 12.1 Å². The highest BCUT2D eigenvalue weighted by molar-refractivity contribution is 5.77. The van der Waals surface area contributed by atoms with Crippen molar-refractivity contribution in [1.29, 1.82) is 0 Å². The lowest BCUT2D eigenvalue weighted by Crippen LogP contribution is -2.45. The van der Waals surface area contributed by atoms with Crippen molar-refractivity contribution < 1.29 is 17.6 Å². The van der Waals surface area contributed by atoms with Crippen molar-refractivity contribution in [1.82, 2.24) is 14.9 Å². The summed E-state index contributed by atoms with van der Waals surface area (Å²) < 4.78 is 55.9. The largest absolute Gasteiger partial charge is 0.340 e. The van der Waals surface area contributed by atoms with Gasteiger partial charge in [-0.15, -0.1) is 0 Å². The minimum atomic E-state index is -1.52. The molecule has 28 heavy (non-hydrogen) atoms. The molecule has 1 aromatic heterocycles. The van der Waals surface area contributed by atoms with Crippen molar-refractivity contribution in [2.24, 2.45) is 0 Å². The van der Waals surface area contributed by atoms with Crippen LogP contribution in [0.3, 0.4) is 0 Å². The fourth-order valence-corrected chi connectivity index (χ4v) is 3.41. The van der Waals surface area contributed by atoms with Gasteiger partial charge in [0.1, 0.15) is 23.2 Å². The van der Waals surface area contributed by atoms with Crippen LogP contribution >= 0.6 is 0 Å². The highest BCUT2D eigenvalue weighted by Crippen LogP contribution is 2.36. The molecule has 4 rings (SSSR count). The summed E-state index contributed by atoms with van der Waals surface area (Å²) in [5.74, 6) is -3.25. The topological polar surface area (TPSA) is 41.9 Å². The van der Waals surface area contributed by atoms with Crippen molar-refractivity contribution in [2.75, 3.05) is 11.9 Å². The first kappa shape index (κ1) is 18.5. The summed E-state index contributed by atoms with van der Waals surface area (Å²) in [5, 5.41) is 6.34. The van der Waals surface area contributed by atoms with Gasteiger partial charge in [0, 0.05) is 36.5 Å². The lowest BCUT2D eigenvalue weighted by molar-refractivity contribution is 0.317. The van der Waals surface area contributed by atoms with E-state index in [4.69, 9.17) is 4.98 Å². The molecule has 0 radical (unpaired) electrons. The second-order valence-corrected chi connectivity index (χ2v) is 7.22. The average molecular weight is 390 g/mol. The third-order valence-electron chi connectivity index (χ3n) is 4.79. The number of benzene rings is 2. The van der Waals surface area contributed by atoms with Gasteiger partial charge in [0.2, 0.25) is 0 Å². The van der Waals surface area contributed by atoms with E-state index in [1.165, 1.54) is 12.1 Å². The molecule has 0 fully saturated rings. The van der Waals surface area contributed by atoms with Gasteiger partial charge in [0.05, 0.1) is 5.54 Å². The third-order valence-corrected chi connectivity index (χ3v) is 4.79. The molecule has 0 bridgehead atoms. The molecule has 0 spiro atoms. The van der Waals surface area contributed by atoms with E-state index in [0.717, 1.165) is 18.0 Å². The highest BCUT2D eigenvalue weighted by Gasteiger charge is 2.33. The number of hydrogen-bond donors (Lipinski definition) is 2. The number of nitrogens with one attached hydrogen (secondary N) is 2. The van der Waals surface area contributed by atoms with Crippen molar-refractivity contribution in [3.63, 3.8) is 0 Å². The molecule has 0 saturated carbocycles. The molecule has 1 aliphatic rings. The first-order valence-corrected chi connectivity index (χ1v) is 8.80. The second-order valence-electron chi connectivity index (χ2n) is 7.22. The number of imidazole rings is 1. The number of fused-ring (bicyclic) bond motifs is 1. The Morgan fingerprint density at radius 2 is 1.68 bits per heavy atom. The quantitative estimate of drug-likeness (QED) is 0.504. The summed E-state index contributed by atoms with van der Waals surface area (Å²) in [6.07, 6.45) is 0. The first-order chi connectivity index (χ1) is 13.3. The molecule has 3 aromatic rings. The Balaban J connectivity index is 1.87. The summed E-state index contributed by atoms with van der Waals surface area (Å²) >= 11 is 0. The number of anilines is 2. The van der Waals surface area contributed by atoms with Crippen LogP contribution in [0, 0.1) is 23.3 Å². The van der Waals surface area contributed by atoms with Crippen LogP contribution in [0.25, 0.3) is 11.3 Å².